The number of nitrogens with zero attached hydrogens (tertiary/aromatic N) is 2. The molecule has 23 heavy (non-hydrogen) atoms. The first-order valence-electron chi connectivity index (χ1n) is 7.31. The maximum Gasteiger partial charge on any atom is 0.200 e. The number of fused-ring (bicyclic) bond motifs is 1. The van der Waals surface area contributed by atoms with Crippen LogP contribution in [0.3, 0.4) is 0 Å². The molecule has 1 fully saturated rings. The van der Waals surface area contributed by atoms with E-state index in [1.54, 1.807) is 17.5 Å². The van der Waals surface area contributed by atoms with E-state index in [0.717, 1.165) is 10.6 Å². The molecule has 0 aromatic carbocycles. The molecule has 4 heterocycles. The normalized spacial score (nSPS) is 29.7. The first-order chi connectivity index (χ1) is 11.3. The van der Waals surface area contributed by atoms with Crippen molar-refractivity contribution in [1.82, 2.24) is 15.8 Å². The maximum absolute atomic E-state index is 9.59. The van der Waals surface area contributed by atoms with E-state index in [0.29, 0.717) is 5.57 Å². The topological polar surface area (TPSA) is 96.0 Å². The van der Waals surface area contributed by atoms with Crippen LogP contribution in [-0.4, -0.2) is 11.2 Å². The molecule has 4 atom stereocenters. The van der Waals surface area contributed by atoms with E-state index in [1.807, 2.05) is 35.7 Å². The molecule has 2 aliphatic heterocycles. The van der Waals surface area contributed by atoms with Crippen molar-refractivity contribution in [1.29, 1.82) is 5.26 Å². The quantitative estimate of drug-likeness (QED) is 0.778. The predicted octanol–water partition coefficient (Wildman–Crippen LogP) is 1.74. The average Bonchev–Trinajstić information content (AvgIpc) is 3.24. The molecule has 2 aliphatic rings. The Kier molecular flexibility index (Phi) is 3.50. The van der Waals surface area contributed by atoms with Crippen LogP contribution in [-0.2, 0) is 4.74 Å². The van der Waals surface area contributed by atoms with Crippen LogP contribution in [0, 0.1) is 17.2 Å². The number of allylic oxidation sites excluding steroid dienone is 1. The van der Waals surface area contributed by atoms with E-state index in [4.69, 9.17) is 10.5 Å². The summed E-state index contributed by atoms with van der Waals surface area (Å²) in [6, 6.07) is 12.0. The van der Waals surface area contributed by atoms with Gasteiger partial charge in [0.05, 0.1) is 17.3 Å². The summed E-state index contributed by atoms with van der Waals surface area (Å²) >= 11 is 1.62. The lowest BCUT2D eigenvalue weighted by molar-refractivity contribution is 0.0343. The minimum atomic E-state index is -0.300. The Morgan fingerprint density at radius 2 is 2.17 bits per heavy atom. The maximum atomic E-state index is 9.59. The van der Waals surface area contributed by atoms with Crippen LogP contribution in [0.5, 0.6) is 0 Å². The third-order valence-corrected chi connectivity index (χ3v) is 5.26. The molecular formula is C16H15N5OS. The van der Waals surface area contributed by atoms with Crippen LogP contribution in [0.4, 0.5) is 0 Å². The number of aromatic nitrogens is 1. The summed E-state index contributed by atoms with van der Waals surface area (Å²) in [4.78, 5) is 5.56. The average molecular weight is 325 g/mol. The molecule has 0 radical (unpaired) electrons. The van der Waals surface area contributed by atoms with Gasteiger partial charge in [-0.05, 0) is 23.6 Å². The molecule has 4 N–H and O–H groups in total. The first-order valence-corrected chi connectivity index (χ1v) is 8.19. The van der Waals surface area contributed by atoms with Gasteiger partial charge >= 0.3 is 0 Å². The molecule has 0 bridgehead atoms. The second-order valence-electron chi connectivity index (χ2n) is 5.52. The zero-order valence-corrected chi connectivity index (χ0v) is 13.0. The van der Waals surface area contributed by atoms with Gasteiger partial charge in [-0.2, -0.15) is 5.26 Å². The molecule has 0 saturated carbocycles. The molecule has 0 amide bonds. The minimum absolute atomic E-state index is 0.00880. The van der Waals surface area contributed by atoms with Crippen LogP contribution in [0.1, 0.15) is 22.5 Å². The highest BCUT2D eigenvalue weighted by atomic mass is 32.1. The highest BCUT2D eigenvalue weighted by Gasteiger charge is 2.49. The Morgan fingerprint density at radius 3 is 2.87 bits per heavy atom. The van der Waals surface area contributed by atoms with Crippen LogP contribution in [0.25, 0.3) is 0 Å². The summed E-state index contributed by atoms with van der Waals surface area (Å²) in [6.45, 7) is 0. The van der Waals surface area contributed by atoms with Crippen molar-refractivity contribution in [2.45, 2.75) is 18.2 Å². The number of thiophene rings is 1. The molecule has 6 nitrogen and oxygen atoms in total. The Bertz CT molecular complexity index is 768. The highest BCUT2D eigenvalue weighted by molar-refractivity contribution is 7.10. The van der Waals surface area contributed by atoms with Gasteiger partial charge in [-0.3, -0.25) is 4.98 Å². The van der Waals surface area contributed by atoms with Crippen molar-refractivity contribution in [2.24, 2.45) is 11.7 Å². The summed E-state index contributed by atoms with van der Waals surface area (Å²) in [5.41, 5.74) is 13.8. The summed E-state index contributed by atoms with van der Waals surface area (Å²) in [6.07, 6.45) is 1.47. The Labute approximate surface area is 137 Å². The molecule has 4 rings (SSSR count). The summed E-state index contributed by atoms with van der Waals surface area (Å²) in [5.74, 6) is 0.0712. The zero-order chi connectivity index (χ0) is 15.8. The van der Waals surface area contributed by atoms with Crippen molar-refractivity contribution in [3.05, 3.63) is 63.9 Å². The Hall–Kier alpha value is -2.40. The van der Waals surface area contributed by atoms with Gasteiger partial charge in [0.25, 0.3) is 0 Å². The number of nitrogens with two attached hydrogens (primary N) is 1. The number of rotatable bonds is 2. The lowest BCUT2D eigenvalue weighted by Crippen LogP contribution is -2.40. The van der Waals surface area contributed by atoms with Crippen LogP contribution >= 0.6 is 11.3 Å². The standard InChI is InChI=1S/C16H15N5OS/c17-8-9-12(11-5-3-7-23-11)13-14(10-4-1-2-6-19-10)20-21-16(13)22-15(9)18/h1-7,12-14,16,20-21H,18H2. The van der Waals surface area contributed by atoms with Crippen LogP contribution in [0.2, 0.25) is 0 Å². The lowest BCUT2D eigenvalue weighted by atomic mass is 9.78. The number of nitriles is 1. The lowest BCUT2D eigenvalue weighted by Gasteiger charge is -2.34. The molecule has 116 valence electrons. The highest BCUT2D eigenvalue weighted by Crippen LogP contribution is 2.47. The van der Waals surface area contributed by atoms with Gasteiger partial charge in [0.2, 0.25) is 5.88 Å². The van der Waals surface area contributed by atoms with E-state index in [1.165, 1.54) is 0 Å². The number of hydrogen-bond donors (Lipinski definition) is 3. The second kappa shape index (κ2) is 5.66. The number of nitrogens with one attached hydrogen (secondary N) is 2. The zero-order valence-electron chi connectivity index (χ0n) is 12.1. The van der Waals surface area contributed by atoms with E-state index in [-0.39, 0.29) is 30.0 Å². The van der Waals surface area contributed by atoms with Crippen molar-refractivity contribution in [2.75, 3.05) is 0 Å². The number of hydrazine groups is 1. The molecule has 7 heteroatoms. The fourth-order valence-corrected chi connectivity index (χ4v) is 4.21. The minimum Gasteiger partial charge on any atom is -0.458 e. The monoisotopic (exact) mass is 325 g/mol. The molecule has 0 spiro atoms. The molecule has 0 aliphatic carbocycles. The van der Waals surface area contributed by atoms with Gasteiger partial charge in [-0.15, -0.1) is 11.3 Å². The van der Waals surface area contributed by atoms with E-state index >= 15 is 0 Å². The van der Waals surface area contributed by atoms with Gasteiger partial charge in [-0.25, -0.2) is 10.9 Å². The van der Waals surface area contributed by atoms with Crippen molar-refractivity contribution in [3.63, 3.8) is 0 Å². The third kappa shape index (κ3) is 2.28. The van der Waals surface area contributed by atoms with Crippen molar-refractivity contribution >= 4 is 11.3 Å². The van der Waals surface area contributed by atoms with Gasteiger partial charge in [-0.1, -0.05) is 12.1 Å². The SMILES string of the molecule is N#CC1=C(N)OC2NNC(c3ccccn3)C2C1c1cccs1. The number of pyridine rings is 1. The molecular weight excluding hydrogens is 310 g/mol. The Balaban J connectivity index is 1.81. The van der Waals surface area contributed by atoms with Crippen LogP contribution < -0.4 is 16.6 Å². The van der Waals surface area contributed by atoms with Gasteiger partial charge in [0, 0.05) is 22.9 Å². The molecule has 1 saturated heterocycles. The molecule has 2 aromatic rings. The summed E-state index contributed by atoms with van der Waals surface area (Å²) in [5, 5.41) is 11.6. The fraction of sp³-hybridized carbons (Fsp3) is 0.250. The number of hydrogen-bond acceptors (Lipinski definition) is 7. The fourth-order valence-electron chi connectivity index (χ4n) is 3.32. The van der Waals surface area contributed by atoms with E-state index in [2.05, 4.69) is 21.9 Å². The number of ether oxygens (including phenoxy) is 1. The van der Waals surface area contributed by atoms with E-state index < -0.39 is 0 Å². The van der Waals surface area contributed by atoms with Gasteiger partial charge < -0.3 is 10.5 Å². The first kappa shape index (κ1) is 14.2. The predicted molar refractivity (Wildman–Crippen MR) is 85.5 cm³/mol. The van der Waals surface area contributed by atoms with Crippen molar-refractivity contribution in [3.8, 4) is 6.07 Å². The van der Waals surface area contributed by atoms with Crippen molar-refractivity contribution < 1.29 is 4.74 Å². The Morgan fingerprint density at radius 1 is 1.26 bits per heavy atom. The van der Waals surface area contributed by atoms with Crippen LogP contribution in [0.15, 0.2) is 53.4 Å². The third-order valence-electron chi connectivity index (χ3n) is 4.31. The van der Waals surface area contributed by atoms with Gasteiger partial charge in [0.1, 0.15) is 6.07 Å². The summed E-state index contributed by atoms with van der Waals surface area (Å²) in [7, 11) is 0. The van der Waals surface area contributed by atoms with Gasteiger partial charge in [0.15, 0.2) is 6.23 Å². The second-order valence-corrected chi connectivity index (χ2v) is 6.50. The smallest absolute Gasteiger partial charge is 0.200 e. The van der Waals surface area contributed by atoms with E-state index in [9.17, 15) is 5.26 Å². The largest absolute Gasteiger partial charge is 0.458 e. The molecule has 2 aromatic heterocycles. The summed E-state index contributed by atoms with van der Waals surface area (Å²) < 4.78 is 5.73. The molecule has 4 unspecified atom stereocenters.